The van der Waals surface area contributed by atoms with Crippen molar-refractivity contribution in [2.75, 3.05) is 12.4 Å². The molecule has 0 saturated carbocycles. The number of methoxy groups -OCH3 is 1. The van der Waals surface area contributed by atoms with Gasteiger partial charge in [-0.05, 0) is 72.1 Å². The SMILES string of the molecule is COc1ccc(S(=O)(=O)C(Nc2c(C)cc(-c3cccc(C=O)c3)cc2C(=O)O)c2cccnc2)cc1. The van der Waals surface area contributed by atoms with Crippen molar-refractivity contribution in [2.24, 2.45) is 0 Å². The van der Waals surface area contributed by atoms with E-state index in [0.717, 1.165) is 0 Å². The number of carboxylic acid groups (broad SMARTS) is 1. The predicted molar refractivity (Wildman–Crippen MR) is 140 cm³/mol. The van der Waals surface area contributed by atoms with Crippen molar-refractivity contribution in [1.82, 2.24) is 4.98 Å². The van der Waals surface area contributed by atoms with Crippen molar-refractivity contribution in [2.45, 2.75) is 17.2 Å². The highest BCUT2D eigenvalue weighted by Crippen LogP contribution is 2.36. The number of aromatic nitrogens is 1. The summed E-state index contributed by atoms with van der Waals surface area (Å²) in [6.45, 7) is 1.70. The van der Waals surface area contributed by atoms with E-state index in [0.29, 0.717) is 39.9 Å². The van der Waals surface area contributed by atoms with Gasteiger partial charge in [0.1, 0.15) is 12.0 Å². The van der Waals surface area contributed by atoms with Crippen LogP contribution in [0.3, 0.4) is 0 Å². The van der Waals surface area contributed by atoms with E-state index in [1.165, 1.54) is 37.7 Å². The minimum Gasteiger partial charge on any atom is -0.497 e. The number of nitrogens with one attached hydrogen (secondary N) is 1. The van der Waals surface area contributed by atoms with Crippen LogP contribution in [0, 0.1) is 6.92 Å². The molecule has 8 nitrogen and oxygen atoms in total. The molecule has 0 amide bonds. The van der Waals surface area contributed by atoms with Gasteiger partial charge in [-0.2, -0.15) is 0 Å². The molecule has 1 atom stereocenters. The number of aromatic carboxylic acids is 1. The lowest BCUT2D eigenvalue weighted by atomic mass is 9.97. The van der Waals surface area contributed by atoms with Crippen LogP contribution >= 0.6 is 0 Å². The Kier molecular flexibility index (Phi) is 7.35. The number of carbonyl (C=O) groups excluding carboxylic acids is 1. The highest BCUT2D eigenvalue weighted by molar-refractivity contribution is 7.91. The lowest BCUT2D eigenvalue weighted by molar-refractivity contribution is 0.0697. The molecule has 2 N–H and O–H groups in total. The predicted octanol–water partition coefficient (Wildman–Crippen LogP) is 5.16. The number of hydrogen-bond donors (Lipinski definition) is 2. The Labute approximate surface area is 214 Å². The number of pyridine rings is 1. The molecule has 0 aliphatic carbocycles. The Hall–Kier alpha value is -4.50. The summed E-state index contributed by atoms with van der Waals surface area (Å²) in [4.78, 5) is 27.6. The third-order valence-electron chi connectivity index (χ3n) is 5.88. The number of sulfone groups is 1. The maximum absolute atomic E-state index is 13.8. The van der Waals surface area contributed by atoms with Crippen molar-refractivity contribution in [1.29, 1.82) is 0 Å². The summed E-state index contributed by atoms with van der Waals surface area (Å²) in [7, 11) is -2.56. The number of carboxylic acids is 1. The molecule has 0 spiro atoms. The Morgan fingerprint density at radius 3 is 2.41 bits per heavy atom. The van der Waals surface area contributed by atoms with Gasteiger partial charge in [0, 0.05) is 23.5 Å². The number of benzene rings is 3. The first-order valence-corrected chi connectivity index (χ1v) is 12.8. The normalized spacial score (nSPS) is 11.9. The van der Waals surface area contributed by atoms with Crippen molar-refractivity contribution in [3.8, 4) is 16.9 Å². The Morgan fingerprint density at radius 2 is 1.78 bits per heavy atom. The van der Waals surface area contributed by atoms with Crippen molar-refractivity contribution in [3.63, 3.8) is 0 Å². The second-order valence-electron chi connectivity index (χ2n) is 8.30. The molecule has 9 heteroatoms. The molecule has 0 aliphatic rings. The van der Waals surface area contributed by atoms with Crippen LogP contribution in [0.1, 0.15) is 37.2 Å². The molecule has 37 heavy (non-hydrogen) atoms. The molecule has 4 aromatic rings. The quantitative estimate of drug-likeness (QED) is 0.293. The summed E-state index contributed by atoms with van der Waals surface area (Å²) in [5, 5.41) is 11.7. The summed E-state index contributed by atoms with van der Waals surface area (Å²) in [6, 6.07) is 19.2. The maximum atomic E-state index is 13.8. The summed E-state index contributed by atoms with van der Waals surface area (Å²) in [5.74, 6) is -0.728. The Bertz CT molecular complexity index is 1550. The lowest BCUT2D eigenvalue weighted by Crippen LogP contribution is -2.23. The average Bonchev–Trinajstić information content (AvgIpc) is 2.92. The van der Waals surface area contributed by atoms with Crippen LogP contribution in [0.2, 0.25) is 0 Å². The molecule has 0 fully saturated rings. The third kappa shape index (κ3) is 5.36. The van der Waals surface area contributed by atoms with Crippen LogP contribution in [-0.4, -0.2) is 37.9 Å². The highest BCUT2D eigenvalue weighted by atomic mass is 32.2. The number of ether oxygens (including phenoxy) is 1. The van der Waals surface area contributed by atoms with Crippen LogP contribution in [0.5, 0.6) is 5.75 Å². The first-order valence-electron chi connectivity index (χ1n) is 11.2. The van der Waals surface area contributed by atoms with E-state index >= 15 is 0 Å². The van der Waals surface area contributed by atoms with Gasteiger partial charge < -0.3 is 15.2 Å². The summed E-state index contributed by atoms with van der Waals surface area (Å²) in [5.41, 5.74) is 2.62. The van der Waals surface area contributed by atoms with Crippen molar-refractivity contribution in [3.05, 3.63) is 107 Å². The van der Waals surface area contributed by atoms with E-state index < -0.39 is 21.2 Å². The number of anilines is 1. The molecular formula is C28H24N2O6S. The Balaban J connectivity index is 1.84. The van der Waals surface area contributed by atoms with Gasteiger partial charge in [-0.15, -0.1) is 0 Å². The van der Waals surface area contributed by atoms with Gasteiger partial charge in [0.15, 0.2) is 5.37 Å². The zero-order valence-electron chi connectivity index (χ0n) is 20.1. The number of carbonyl (C=O) groups is 2. The fourth-order valence-corrected chi connectivity index (χ4v) is 5.57. The lowest BCUT2D eigenvalue weighted by Gasteiger charge is -2.23. The van der Waals surface area contributed by atoms with Crippen LogP contribution in [0.15, 0.2) is 90.1 Å². The standard InChI is InChI=1S/C28H24N2O6S/c1-18-13-22(20-6-3-5-19(14-20)17-31)15-25(28(32)33)26(18)30-27(21-7-4-12-29-16-21)37(34,35)24-10-8-23(36-2)9-11-24/h3-17,27,30H,1-2H3,(H,32,33). The summed E-state index contributed by atoms with van der Waals surface area (Å²) >= 11 is 0. The number of aryl methyl sites for hydroxylation is 1. The van der Waals surface area contributed by atoms with Gasteiger partial charge in [0.2, 0.25) is 9.84 Å². The first kappa shape index (κ1) is 25.6. The zero-order chi connectivity index (χ0) is 26.6. The van der Waals surface area contributed by atoms with Crippen molar-refractivity contribution < 1.29 is 27.9 Å². The molecule has 1 unspecified atom stereocenters. The molecule has 1 aromatic heterocycles. The highest BCUT2D eigenvalue weighted by Gasteiger charge is 2.31. The van der Waals surface area contributed by atoms with Gasteiger partial charge in [-0.1, -0.05) is 24.3 Å². The van der Waals surface area contributed by atoms with Gasteiger partial charge in [0.05, 0.1) is 23.3 Å². The second kappa shape index (κ2) is 10.6. The van der Waals surface area contributed by atoms with E-state index in [1.807, 2.05) is 0 Å². The summed E-state index contributed by atoms with van der Waals surface area (Å²) in [6.07, 6.45) is 3.66. The zero-order valence-corrected chi connectivity index (χ0v) is 20.9. The molecule has 0 radical (unpaired) electrons. The average molecular weight is 517 g/mol. The smallest absolute Gasteiger partial charge is 0.337 e. The number of hydrogen-bond acceptors (Lipinski definition) is 7. The van der Waals surface area contributed by atoms with Gasteiger partial charge in [-0.25, -0.2) is 13.2 Å². The van der Waals surface area contributed by atoms with E-state index in [9.17, 15) is 23.1 Å². The largest absolute Gasteiger partial charge is 0.497 e. The summed E-state index contributed by atoms with van der Waals surface area (Å²) < 4.78 is 32.7. The Morgan fingerprint density at radius 1 is 1.03 bits per heavy atom. The topological polar surface area (TPSA) is 123 Å². The molecule has 0 bridgehead atoms. The molecule has 0 aliphatic heterocycles. The number of rotatable bonds is 9. The number of aldehydes is 1. The maximum Gasteiger partial charge on any atom is 0.337 e. The fourth-order valence-electron chi connectivity index (χ4n) is 4.01. The molecule has 1 heterocycles. The second-order valence-corrected chi connectivity index (χ2v) is 10.3. The molecule has 188 valence electrons. The van der Waals surface area contributed by atoms with E-state index in [1.54, 1.807) is 61.5 Å². The molecule has 0 saturated heterocycles. The first-order chi connectivity index (χ1) is 17.7. The molecule has 4 rings (SSSR count). The van der Waals surface area contributed by atoms with Gasteiger partial charge in [0.25, 0.3) is 0 Å². The minimum atomic E-state index is -4.05. The van der Waals surface area contributed by atoms with Crippen LogP contribution in [0.25, 0.3) is 11.1 Å². The molecule has 3 aromatic carbocycles. The van der Waals surface area contributed by atoms with E-state index in [-0.39, 0.29) is 16.1 Å². The fraction of sp³-hybridized carbons (Fsp3) is 0.107. The van der Waals surface area contributed by atoms with Crippen LogP contribution < -0.4 is 10.1 Å². The van der Waals surface area contributed by atoms with Crippen LogP contribution in [0.4, 0.5) is 5.69 Å². The molecular weight excluding hydrogens is 492 g/mol. The monoisotopic (exact) mass is 516 g/mol. The van der Waals surface area contributed by atoms with Crippen molar-refractivity contribution >= 4 is 27.8 Å². The minimum absolute atomic E-state index is 0.0338. The van der Waals surface area contributed by atoms with Gasteiger partial charge >= 0.3 is 5.97 Å². The third-order valence-corrected chi connectivity index (χ3v) is 7.82. The van der Waals surface area contributed by atoms with Gasteiger partial charge in [-0.3, -0.25) is 9.78 Å². The number of nitrogens with zero attached hydrogens (tertiary/aromatic N) is 1. The van der Waals surface area contributed by atoms with E-state index in [4.69, 9.17) is 4.74 Å². The van der Waals surface area contributed by atoms with Crippen LogP contribution in [-0.2, 0) is 9.84 Å². The van der Waals surface area contributed by atoms with E-state index in [2.05, 4.69) is 10.3 Å².